The fraction of sp³-hybridized carbons (Fsp3) is 0.316. The molecule has 4 bridgehead atoms. The van der Waals surface area contributed by atoms with Gasteiger partial charge in [-0.3, -0.25) is 4.79 Å². The maximum atomic E-state index is 14.3. The molecule has 0 spiro atoms. The number of hydrogen-bond donors (Lipinski definition) is 0. The van der Waals surface area contributed by atoms with Gasteiger partial charge >= 0.3 is 11.9 Å². The van der Waals surface area contributed by atoms with E-state index < -0.39 is 29.4 Å². The highest BCUT2D eigenvalue weighted by atomic mass is 32.2. The van der Waals surface area contributed by atoms with Crippen LogP contribution in [-0.4, -0.2) is 17.9 Å². The molecule has 232 valence electrons. The second-order valence-electron chi connectivity index (χ2n) is 12.5. The standard InChI is InChI=1S/C20H22F2O4.C18H15S/c21-20(22,17(23)24)16(15-4-2-1-3-5-15)26-18(25)19-9-12-6-13(10-19)8-14(7-12)11-19;1-4-10-16(11-5-1)19(17-12-6-2-7-13-17)18-14-8-3-9-15-18/h1-5,12-14,16H,6-11H2,(H,23,24);1-15H/q;+1/p-1. The molecular weight excluding hydrogens is 590 g/mol. The summed E-state index contributed by atoms with van der Waals surface area (Å²) in [7, 11) is -0.0146. The van der Waals surface area contributed by atoms with Gasteiger partial charge in [0.05, 0.1) is 16.3 Å². The number of rotatable bonds is 8. The maximum Gasteiger partial charge on any atom is 0.327 e. The Kier molecular flexibility index (Phi) is 9.09. The predicted octanol–water partition coefficient (Wildman–Crippen LogP) is 7.65. The van der Waals surface area contributed by atoms with E-state index in [1.54, 1.807) is 6.07 Å². The number of benzene rings is 4. The molecule has 8 rings (SSSR count). The summed E-state index contributed by atoms with van der Waals surface area (Å²) in [5, 5.41) is 11.0. The lowest BCUT2D eigenvalue weighted by molar-refractivity contribution is -0.337. The van der Waals surface area contributed by atoms with Gasteiger partial charge in [-0.05, 0) is 98.2 Å². The summed E-state index contributed by atoms with van der Waals surface area (Å²) in [5.74, 6) is -6.16. The minimum Gasteiger partial charge on any atom is -0.544 e. The minimum atomic E-state index is -4.29. The van der Waals surface area contributed by atoms with Crippen molar-refractivity contribution in [1.29, 1.82) is 0 Å². The Labute approximate surface area is 265 Å². The maximum absolute atomic E-state index is 14.3. The molecule has 0 N–H and O–H groups in total. The lowest BCUT2D eigenvalue weighted by Gasteiger charge is -2.55. The van der Waals surface area contributed by atoms with E-state index in [4.69, 9.17) is 4.74 Å². The number of carbonyl (C=O) groups is 2. The number of hydrogen-bond acceptors (Lipinski definition) is 4. The van der Waals surface area contributed by atoms with Crippen molar-refractivity contribution in [1.82, 2.24) is 0 Å². The largest absolute Gasteiger partial charge is 0.544 e. The van der Waals surface area contributed by atoms with Gasteiger partial charge in [0.2, 0.25) is 0 Å². The molecule has 0 radical (unpaired) electrons. The van der Waals surface area contributed by atoms with Gasteiger partial charge < -0.3 is 14.6 Å². The van der Waals surface area contributed by atoms with Crippen LogP contribution in [0.15, 0.2) is 136 Å². The van der Waals surface area contributed by atoms with Crippen molar-refractivity contribution in [2.75, 3.05) is 0 Å². The van der Waals surface area contributed by atoms with Crippen LogP contribution in [0.5, 0.6) is 0 Å². The zero-order chi connectivity index (χ0) is 31.4. The Morgan fingerprint density at radius 1 is 0.667 bits per heavy atom. The summed E-state index contributed by atoms with van der Waals surface area (Å²) in [5.41, 5.74) is -0.774. The first kappa shape index (κ1) is 31.0. The van der Waals surface area contributed by atoms with Crippen LogP contribution in [0.1, 0.15) is 50.2 Å². The van der Waals surface area contributed by atoms with Gasteiger partial charge in [0.1, 0.15) is 5.97 Å². The highest BCUT2D eigenvalue weighted by molar-refractivity contribution is 7.97. The zero-order valence-electron chi connectivity index (χ0n) is 24.9. The van der Waals surface area contributed by atoms with E-state index >= 15 is 0 Å². The number of esters is 1. The lowest BCUT2D eigenvalue weighted by atomic mass is 9.49. The quantitative estimate of drug-likeness (QED) is 0.149. The third-order valence-corrected chi connectivity index (χ3v) is 11.6. The molecule has 0 aromatic heterocycles. The third-order valence-electron chi connectivity index (χ3n) is 9.34. The van der Waals surface area contributed by atoms with Gasteiger partial charge in [-0.15, -0.1) is 0 Å². The van der Waals surface area contributed by atoms with Gasteiger partial charge in [-0.25, -0.2) is 0 Å². The monoisotopic (exact) mass is 626 g/mol. The average Bonchev–Trinajstić information content (AvgIpc) is 3.05. The van der Waals surface area contributed by atoms with E-state index in [2.05, 4.69) is 91.0 Å². The highest BCUT2D eigenvalue weighted by Gasteiger charge is 2.57. The number of carboxylic acids is 1. The molecule has 1 atom stereocenters. The molecule has 4 aromatic carbocycles. The van der Waals surface area contributed by atoms with E-state index in [9.17, 15) is 23.5 Å². The molecule has 4 fully saturated rings. The van der Waals surface area contributed by atoms with Gasteiger partial charge in [-0.1, -0.05) is 84.9 Å². The topological polar surface area (TPSA) is 66.4 Å². The lowest BCUT2D eigenvalue weighted by Crippen LogP contribution is -2.52. The van der Waals surface area contributed by atoms with Crippen LogP contribution < -0.4 is 5.11 Å². The van der Waals surface area contributed by atoms with Crippen molar-refractivity contribution in [2.45, 2.75) is 65.2 Å². The highest BCUT2D eigenvalue weighted by Crippen LogP contribution is 2.61. The second-order valence-corrected chi connectivity index (χ2v) is 14.6. The molecule has 4 saturated carbocycles. The van der Waals surface area contributed by atoms with Crippen LogP contribution >= 0.6 is 0 Å². The van der Waals surface area contributed by atoms with Crippen LogP contribution in [0, 0.1) is 23.2 Å². The van der Waals surface area contributed by atoms with Crippen LogP contribution in [0.4, 0.5) is 8.78 Å². The minimum absolute atomic E-state index is 0.0146. The smallest absolute Gasteiger partial charge is 0.327 e. The van der Waals surface area contributed by atoms with E-state index in [1.807, 2.05) is 0 Å². The number of alkyl halides is 2. The van der Waals surface area contributed by atoms with Crippen molar-refractivity contribution >= 4 is 22.8 Å². The summed E-state index contributed by atoms with van der Waals surface area (Å²) in [6, 6.07) is 39.5. The van der Waals surface area contributed by atoms with Crippen LogP contribution in [0.25, 0.3) is 0 Å². The van der Waals surface area contributed by atoms with E-state index in [0.717, 1.165) is 19.3 Å². The number of carboxylic acid groups (broad SMARTS) is 1. The Balaban J connectivity index is 0.000000167. The first-order chi connectivity index (χ1) is 21.7. The number of aliphatic carboxylic acids is 1. The van der Waals surface area contributed by atoms with Crippen LogP contribution in [0.3, 0.4) is 0 Å². The SMILES string of the molecule is O=C(OC(c1ccccc1)C(F)(F)C(=O)[O-])C12CC3CC(CC(C3)C1)C2.c1ccc([S+](c2ccccc2)c2ccccc2)cc1. The van der Waals surface area contributed by atoms with Crippen LogP contribution in [-0.2, 0) is 25.2 Å². The van der Waals surface area contributed by atoms with Crippen molar-refractivity contribution < 1.29 is 28.2 Å². The third kappa shape index (κ3) is 6.69. The molecule has 4 aliphatic rings. The Morgan fingerprint density at radius 3 is 1.38 bits per heavy atom. The Bertz CT molecular complexity index is 1450. The van der Waals surface area contributed by atoms with Gasteiger partial charge in [0, 0.05) is 0 Å². The molecule has 1 unspecified atom stereocenters. The predicted molar refractivity (Wildman–Crippen MR) is 167 cm³/mol. The summed E-state index contributed by atoms with van der Waals surface area (Å²) < 4.78 is 33.8. The molecule has 4 aliphatic carbocycles. The number of carbonyl (C=O) groups excluding carboxylic acids is 2. The Hall–Kier alpha value is -3.97. The van der Waals surface area contributed by atoms with E-state index in [0.29, 0.717) is 37.0 Å². The van der Waals surface area contributed by atoms with E-state index in [1.165, 1.54) is 39.0 Å². The molecule has 0 aliphatic heterocycles. The van der Waals surface area contributed by atoms with Gasteiger partial charge in [-0.2, -0.15) is 8.78 Å². The summed E-state index contributed by atoms with van der Waals surface area (Å²) >= 11 is 0. The Morgan fingerprint density at radius 2 is 1.02 bits per heavy atom. The first-order valence-electron chi connectivity index (χ1n) is 15.5. The summed E-state index contributed by atoms with van der Waals surface area (Å²) in [6.07, 6.45) is 3.12. The van der Waals surface area contributed by atoms with Crippen molar-refractivity contribution in [2.24, 2.45) is 23.2 Å². The summed E-state index contributed by atoms with van der Waals surface area (Å²) in [6.45, 7) is 0. The molecular formula is C38H36F2O4S. The van der Waals surface area contributed by atoms with Crippen molar-refractivity contribution in [3.8, 4) is 0 Å². The summed E-state index contributed by atoms with van der Waals surface area (Å²) in [4.78, 5) is 28.1. The molecule has 0 amide bonds. The number of halogens is 2. The van der Waals surface area contributed by atoms with E-state index in [-0.39, 0.29) is 16.5 Å². The van der Waals surface area contributed by atoms with Gasteiger partial charge in [0.25, 0.3) is 0 Å². The van der Waals surface area contributed by atoms with Crippen molar-refractivity contribution in [3.05, 3.63) is 127 Å². The normalized spacial score (nSPS) is 23.9. The average molecular weight is 627 g/mol. The number of ether oxygens (including phenoxy) is 1. The fourth-order valence-corrected chi connectivity index (χ4v) is 9.86. The molecule has 4 nitrogen and oxygen atoms in total. The molecule has 4 aromatic rings. The molecule has 0 heterocycles. The van der Waals surface area contributed by atoms with Crippen molar-refractivity contribution in [3.63, 3.8) is 0 Å². The van der Waals surface area contributed by atoms with Gasteiger partial charge in [0.15, 0.2) is 20.8 Å². The zero-order valence-corrected chi connectivity index (χ0v) is 25.7. The molecule has 7 heteroatoms. The first-order valence-corrected chi connectivity index (χ1v) is 16.7. The fourth-order valence-electron chi connectivity index (χ4n) is 7.76. The van der Waals surface area contributed by atoms with Crippen LogP contribution in [0.2, 0.25) is 0 Å². The second kappa shape index (κ2) is 13.2. The molecule has 0 saturated heterocycles. The molecule has 45 heavy (non-hydrogen) atoms.